The van der Waals surface area contributed by atoms with E-state index >= 15 is 0 Å². The van der Waals surface area contributed by atoms with Crippen molar-refractivity contribution in [1.82, 2.24) is 15.5 Å². The van der Waals surface area contributed by atoms with Crippen LogP contribution in [0.1, 0.15) is 50.6 Å². The van der Waals surface area contributed by atoms with Crippen LogP contribution in [-0.4, -0.2) is 54.6 Å². The van der Waals surface area contributed by atoms with Gasteiger partial charge in [-0.15, -0.1) is 0 Å². The third-order valence-electron chi connectivity index (χ3n) is 6.47. The number of benzene rings is 1. The Labute approximate surface area is 202 Å². The van der Waals surface area contributed by atoms with Gasteiger partial charge in [-0.25, -0.2) is 9.59 Å². The van der Waals surface area contributed by atoms with Crippen molar-refractivity contribution >= 4 is 35.5 Å². The first kappa shape index (κ1) is 24.1. The number of hydrogen-bond donors (Lipinski definition) is 2. The van der Waals surface area contributed by atoms with E-state index in [-0.39, 0.29) is 42.9 Å². The smallest absolute Gasteiger partial charge is 0.338 e. The number of nitrogens with zero attached hydrogens (tertiary/aromatic N) is 1. The van der Waals surface area contributed by atoms with Gasteiger partial charge in [-0.2, -0.15) is 0 Å². The van der Waals surface area contributed by atoms with Crippen molar-refractivity contribution in [3.05, 3.63) is 46.1 Å². The van der Waals surface area contributed by atoms with Crippen LogP contribution < -0.4 is 10.6 Å². The van der Waals surface area contributed by atoms with E-state index in [1.165, 1.54) is 0 Å². The topological polar surface area (TPSA) is 114 Å². The Kier molecular flexibility index (Phi) is 7.41. The number of esters is 2. The summed E-state index contributed by atoms with van der Waals surface area (Å²) in [4.78, 5) is 52.2. The number of halogens is 1. The molecule has 0 aromatic heterocycles. The molecule has 3 aliphatic rings. The Bertz CT molecular complexity index is 1000. The highest BCUT2D eigenvalue weighted by molar-refractivity contribution is 6.30. The van der Waals surface area contributed by atoms with Gasteiger partial charge in [0.2, 0.25) is 5.91 Å². The highest BCUT2D eigenvalue weighted by Crippen LogP contribution is 2.31. The van der Waals surface area contributed by atoms with Crippen LogP contribution in [0.2, 0.25) is 5.02 Å². The summed E-state index contributed by atoms with van der Waals surface area (Å²) in [5.41, 5.74) is 0.916. The molecule has 4 rings (SSSR count). The van der Waals surface area contributed by atoms with Crippen LogP contribution in [-0.2, 0) is 23.9 Å². The Balaban J connectivity index is 1.51. The molecule has 1 saturated heterocycles. The Morgan fingerprint density at radius 2 is 1.82 bits per heavy atom. The molecule has 1 saturated carbocycles. The molecule has 34 heavy (non-hydrogen) atoms. The lowest BCUT2D eigenvalue weighted by Gasteiger charge is -2.29. The molecule has 2 fully saturated rings. The lowest BCUT2D eigenvalue weighted by Crippen LogP contribution is -2.47. The molecule has 2 aliphatic heterocycles. The first-order valence-electron chi connectivity index (χ1n) is 11.6. The second-order valence-corrected chi connectivity index (χ2v) is 9.13. The van der Waals surface area contributed by atoms with Gasteiger partial charge in [0.15, 0.2) is 0 Å². The molecule has 0 bridgehead atoms. The molecule has 0 unspecified atom stereocenters. The van der Waals surface area contributed by atoms with Gasteiger partial charge in [-0.05, 0) is 37.5 Å². The largest absolute Gasteiger partial charge is 0.463 e. The SMILES string of the molecule is CCOC(=O)C1=C(COC(=O)[C@@H]2CC(=O)N(C3CCCC3)C2)NC(=O)N[C@@H]1c1ccc(Cl)cc1. The van der Waals surface area contributed by atoms with Crippen molar-refractivity contribution < 1.29 is 28.7 Å². The van der Waals surface area contributed by atoms with Gasteiger partial charge in [0.05, 0.1) is 29.8 Å². The van der Waals surface area contributed by atoms with Crippen molar-refractivity contribution in [2.45, 2.75) is 51.1 Å². The van der Waals surface area contributed by atoms with E-state index in [0.717, 1.165) is 25.7 Å². The van der Waals surface area contributed by atoms with Gasteiger partial charge in [0.25, 0.3) is 0 Å². The summed E-state index contributed by atoms with van der Waals surface area (Å²) >= 11 is 5.98. The van der Waals surface area contributed by atoms with Crippen molar-refractivity contribution in [2.24, 2.45) is 5.92 Å². The summed E-state index contributed by atoms with van der Waals surface area (Å²) < 4.78 is 10.7. The van der Waals surface area contributed by atoms with Crippen LogP contribution in [0.5, 0.6) is 0 Å². The molecule has 182 valence electrons. The minimum absolute atomic E-state index is 0.0294. The molecular weight excluding hydrogens is 462 g/mol. The van der Waals surface area contributed by atoms with Crippen LogP contribution in [0.3, 0.4) is 0 Å². The van der Waals surface area contributed by atoms with Gasteiger partial charge < -0.3 is 25.0 Å². The quantitative estimate of drug-likeness (QED) is 0.569. The molecule has 3 amide bonds. The van der Waals surface area contributed by atoms with E-state index in [1.807, 2.05) is 0 Å². The van der Waals surface area contributed by atoms with E-state index in [2.05, 4.69) is 10.6 Å². The standard InChI is InChI=1S/C24H28ClN3O6/c1-2-33-23(31)20-18(26-24(32)27-21(20)14-7-9-16(25)10-8-14)13-34-22(30)15-11-19(29)28(12-15)17-5-3-4-6-17/h7-10,15,17,21H,2-6,11-13H2,1H3,(H2,26,27,32)/t15-,21-/m1/s1. The van der Waals surface area contributed by atoms with Crippen LogP contribution >= 0.6 is 11.6 Å². The molecule has 1 aliphatic carbocycles. The molecule has 1 aromatic carbocycles. The van der Waals surface area contributed by atoms with Crippen LogP contribution in [0.25, 0.3) is 0 Å². The Hall–Kier alpha value is -3.07. The number of carbonyl (C=O) groups is 4. The van der Waals surface area contributed by atoms with E-state index < -0.39 is 29.9 Å². The van der Waals surface area contributed by atoms with Crippen molar-refractivity contribution in [1.29, 1.82) is 0 Å². The Morgan fingerprint density at radius 3 is 2.50 bits per heavy atom. The minimum atomic E-state index is -0.801. The number of carbonyl (C=O) groups excluding carboxylic acids is 4. The molecule has 0 spiro atoms. The lowest BCUT2D eigenvalue weighted by atomic mass is 9.95. The second-order valence-electron chi connectivity index (χ2n) is 8.69. The van der Waals surface area contributed by atoms with Gasteiger partial charge in [0, 0.05) is 24.0 Å². The maximum atomic E-state index is 12.8. The molecule has 10 heteroatoms. The van der Waals surface area contributed by atoms with Crippen LogP contribution in [0.4, 0.5) is 4.79 Å². The van der Waals surface area contributed by atoms with Crippen LogP contribution in [0, 0.1) is 5.92 Å². The number of amides is 3. The molecule has 9 nitrogen and oxygen atoms in total. The molecule has 2 N–H and O–H groups in total. The highest BCUT2D eigenvalue weighted by Gasteiger charge is 2.40. The fourth-order valence-electron chi connectivity index (χ4n) is 4.81. The van der Waals surface area contributed by atoms with E-state index in [4.69, 9.17) is 21.1 Å². The average molecular weight is 490 g/mol. The summed E-state index contributed by atoms with van der Waals surface area (Å²) in [6.07, 6.45) is 4.23. The number of urea groups is 1. The monoisotopic (exact) mass is 489 g/mol. The van der Waals surface area contributed by atoms with Crippen molar-refractivity contribution in [3.63, 3.8) is 0 Å². The van der Waals surface area contributed by atoms with Crippen LogP contribution in [0.15, 0.2) is 35.5 Å². The molecule has 0 radical (unpaired) electrons. The minimum Gasteiger partial charge on any atom is -0.463 e. The zero-order chi connectivity index (χ0) is 24.2. The third kappa shape index (κ3) is 5.19. The maximum absolute atomic E-state index is 12.8. The summed E-state index contributed by atoms with van der Waals surface area (Å²) in [5.74, 6) is -1.76. The number of nitrogens with one attached hydrogen (secondary N) is 2. The van der Waals surface area contributed by atoms with Crippen molar-refractivity contribution in [2.75, 3.05) is 19.8 Å². The van der Waals surface area contributed by atoms with Gasteiger partial charge in [-0.1, -0.05) is 36.6 Å². The van der Waals surface area contributed by atoms with Gasteiger partial charge in [-0.3, -0.25) is 9.59 Å². The third-order valence-corrected chi connectivity index (χ3v) is 6.72. The normalized spacial score (nSPS) is 23.1. The fraction of sp³-hybridized carbons (Fsp3) is 0.500. The van der Waals surface area contributed by atoms with E-state index in [1.54, 1.807) is 36.1 Å². The predicted molar refractivity (Wildman–Crippen MR) is 123 cm³/mol. The number of ether oxygens (including phenoxy) is 2. The summed E-state index contributed by atoms with van der Waals surface area (Å²) in [6, 6.07) is 5.56. The summed E-state index contributed by atoms with van der Waals surface area (Å²) in [7, 11) is 0. The fourth-order valence-corrected chi connectivity index (χ4v) is 4.93. The number of rotatable bonds is 7. The Morgan fingerprint density at radius 1 is 1.12 bits per heavy atom. The highest BCUT2D eigenvalue weighted by atomic mass is 35.5. The first-order chi connectivity index (χ1) is 16.4. The predicted octanol–water partition coefficient (Wildman–Crippen LogP) is 2.85. The van der Waals surface area contributed by atoms with Crippen molar-refractivity contribution in [3.8, 4) is 0 Å². The van der Waals surface area contributed by atoms with Gasteiger partial charge >= 0.3 is 18.0 Å². The molecule has 1 aromatic rings. The zero-order valence-electron chi connectivity index (χ0n) is 19.0. The number of hydrogen-bond acceptors (Lipinski definition) is 6. The second kappa shape index (κ2) is 10.5. The maximum Gasteiger partial charge on any atom is 0.338 e. The lowest BCUT2D eigenvalue weighted by molar-refractivity contribution is -0.148. The van der Waals surface area contributed by atoms with E-state index in [0.29, 0.717) is 17.1 Å². The van der Waals surface area contributed by atoms with E-state index in [9.17, 15) is 19.2 Å². The molecule has 2 atom stereocenters. The first-order valence-corrected chi connectivity index (χ1v) is 11.9. The average Bonchev–Trinajstić information content (AvgIpc) is 3.47. The van der Waals surface area contributed by atoms with Gasteiger partial charge in [0.1, 0.15) is 6.61 Å². The molecular formula is C24H28ClN3O6. The molecule has 2 heterocycles. The zero-order valence-corrected chi connectivity index (χ0v) is 19.7. The summed E-state index contributed by atoms with van der Waals surface area (Å²) in [5, 5.41) is 5.80. The number of likely N-dealkylation sites (tertiary alicyclic amines) is 1. The summed E-state index contributed by atoms with van der Waals surface area (Å²) in [6.45, 7) is 1.83.